The van der Waals surface area contributed by atoms with Crippen LogP contribution in [0.5, 0.6) is 0 Å². The maximum atomic E-state index is 11.4. The zero-order chi connectivity index (χ0) is 12.3. The number of ketones is 1. The summed E-state index contributed by atoms with van der Waals surface area (Å²) < 4.78 is 1.75. The van der Waals surface area contributed by atoms with Crippen LogP contribution in [-0.4, -0.2) is 15.6 Å². The Hall–Kier alpha value is -1.63. The zero-order valence-electron chi connectivity index (χ0n) is 10.2. The van der Waals surface area contributed by atoms with Gasteiger partial charge in [-0.2, -0.15) is 10.4 Å². The molecule has 0 fully saturated rings. The van der Waals surface area contributed by atoms with E-state index in [1.807, 2.05) is 20.0 Å². The minimum atomic E-state index is -0.946. The molecule has 4 heteroatoms. The number of aryl methyl sites for hydroxylation is 2. The molecule has 0 saturated carbocycles. The highest BCUT2D eigenvalue weighted by Gasteiger charge is 2.31. The molecule has 1 atom stereocenters. The Morgan fingerprint density at radius 1 is 1.69 bits per heavy atom. The molecule has 4 nitrogen and oxygen atoms in total. The summed E-state index contributed by atoms with van der Waals surface area (Å²) in [5.41, 5.74) is 0.969. The summed E-state index contributed by atoms with van der Waals surface area (Å²) in [7, 11) is 1.84. The Kier molecular flexibility index (Phi) is 3.48. The lowest BCUT2D eigenvalue weighted by Gasteiger charge is -2.17. The number of carbonyl (C=O) groups excluding carboxylic acids is 1. The minimum Gasteiger partial charge on any atom is -0.298 e. The minimum absolute atomic E-state index is 0.103. The first-order chi connectivity index (χ1) is 7.42. The molecule has 0 aromatic carbocycles. The summed E-state index contributed by atoms with van der Waals surface area (Å²) in [4.78, 5) is 11.4. The molecule has 0 N–H and O–H groups in total. The van der Waals surface area contributed by atoms with Crippen LogP contribution in [0.3, 0.4) is 0 Å². The van der Waals surface area contributed by atoms with Gasteiger partial charge in [0.05, 0.1) is 11.8 Å². The topological polar surface area (TPSA) is 58.7 Å². The third kappa shape index (κ3) is 2.30. The molecule has 1 aromatic rings. The monoisotopic (exact) mass is 219 g/mol. The third-order valence-corrected chi connectivity index (χ3v) is 2.95. The lowest BCUT2D eigenvalue weighted by atomic mass is 9.83. The van der Waals surface area contributed by atoms with E-state index in [0.29, 0.717) is 6.42 Å². The standard InChI is InChI=1S/C12H17N3O/c1-5-10-6-11(15(4)14-10)7-12(3,8-13)9(2)16/h6H,5,7H2,1-4H3. The smallest absolute Gasteiger partial charge is 0.150 e. The van der Waals surface area contributed by atoms with Crippen LogP contribution in [0.4, 0.5) is 0 Å². The highest BCUT2D eigenvalue weighted by Crippen LogP contribution is 2.23. The van der Waals surface area contributed by atoms with E-state index in [1.54, 1.807) is 11.6 Å². The van der Waals surface area contributed by atoms with Crippen LogP contribution in [-0.2, 0) is 24.7 Å². The van der Waals surface area contributed by atoms with E-state index in [0.717, 1.165) is 17.8 Å². The quantitative estimate of drug-likeness (QED) is 0.773. The molecule has 0 saturated heterocycles. The molecule has 1 heterocycles. The molecule has 86 valence electrons. The molecule has 1 aromatic heterocycles. The molecule has 1 rings (SSSR count). The van der Waals surface area contributed by atoms with Crippen molar-refractivity contribution in [3.63, 3.8) is 0 Å². The third-order valence-electron chi connectivity index (χ3n) is 2.95. The normalized spacial score (nSPS) is 14.2. The first-order valence-electron chi connectivity index (χ1n) is 5.37. The first kappa shape index (κ1) is 12.4. The Bertz CT molecular complexity index is 442. The van der Waals surface area contributed by atoms with Gasteiger partial charge in [0.1, 0.15) is 11.2 Å². The maximum absolute atomic E-state index is 11.4. The fourth-order valence-electron chi connectivity index (χ4n) is 1.51. The molecule has 16 heavy (non-hydrogen) atoms. The average molecular weight is 219 g/mol. The van der Waals surface area contributed by atoms with Gasteiger partial charge in [0, 0.05) is 19.2 Å². The number of hydrogen-bond donors (Lipinski definition) is 0. The van der Waals surface area contributed by atoms with Crippen LogP contribution in [0.1, 0.15) is 32.2 Å². The number of aromatic nitrogens is 2. The van der Waals surface area contributed by atoms with Crippen molar-refractivity contribution in [3.05, 3.63) is 17.5 Å². The van der Waals surface area contributed by atoms with Gasteiger partial charge in [-0.05, 0) is 26.3 Å². The van der Waals surface area contributed by atoms with Crippen LogP contribution in [0, 0.1) is 16.7 Å². The Labute approximate surface area is 95.9 Å². The summed E-state index contributed by atoms with van der Waals surface area (Å²) in [6.45, 7) is 5.16. The van der Waals surface area contributed by atoms with E-state index >= 15 is 0 Å². The van der Waals surface area contributed by atoms with Crippen molar-refractivity contribution in [2.45, 2.75) is 33.6 Å². The summed E-state index contributed by atoms with van der Waals surface area (Å²) in [6, 6.07) is 4.05. The van der Waals surface area contributed by atoms with Crippen LogP contribution in [0.15, 0.2) is 6.07 Å². The molecular weight excluding hydrogens is 202 g/mol. The van der Waals surface area contributed by atoms with Gasteiger partial charge in [-0.3, -0.25) is 9.48 Å². The number of hydrogen-bond acceptors (Lipinski definition) is 3. The molecule has 0 amide bonds. The second-order valence-corrected chi connectivity index (χ2v) is 4.28. The van der Waals surface area contributed by atoms with Crippen LogP contribution < -0.4 is 0 Å². The van der Waals surface area contributed by atoms with Gasteiger partial charge in [0.25, 0.3) is 0 Å². The Balaban J connectivity index is 3.00. The molecule has 1 unspecified atom stereocenters. The van der Waals surface area contributed by atoms with Crippen LogP contribution in [0.2, 0.25) is 0 Å². The first-order valence-corrected chi connectivity index (χ1v) is 5.37. The van der Waals surface area contributed by atoms with Crippen molar-refractivity contribution in [2.75, 3.05) is 0 Å². The second-order valence-electron chi connectivity index (χ2n) is 4.28. The van der Waals surface area contributed by atoms with Gasteiger partial charge in [-0.1, -0.05) is 6.92 Å². The number of rotatable bonds is 4. The number of nitriles is 1. The summed E-state index contributed by atoms with van der Waals surface area (Å²) >= 11 is 0. The van der Waals surface area contributed by atoms with Crippen molar-refractivity contribution >= 4 is 5.78 Å². The van der Waals surface area contributed by atoms with E-state index < -0.39 is 5.41 Å². The molecule has 0 aliphatic rings. The van der Waals surface area contributed by atoms with Gasteiger partial charge in [-0.25, -0.2) is 0 Å². The van der Waals surface area contributed by atoms with Gasteiger partial charge in [0.2, 0.25) is 0 Å². The molecular formula is C12H17N3O. The van der Waals surface area contributed by atoms with Gasteiger partial charge < -0.3 is 0 Å². The average Bonchev–Trinajstić information content (AvgIpc) is 2.59. The van der Waals surface area contributed by atoms with Crippen molar-refractivity contribution in [1.82, 2.24) is 9.78 Å². The SMILES string of the molecule is CCc1cc(CC(C)(C#N)C(C)=O)n(C)n1. The number of carbonyl (C=O) groups is 1. The highest BCUT2D eigenvalue weighted by atomic mass is 16.1. The van der Waals surface area contributed by atoms with Crippen molar-refractivity contribution in [1.29, 1.82) is 5.26 Å². The van der Waals surface area contributed by atoms with Crippen molar-refractivity contribution in [2.24, 2.45) is 12.5 Å². The van der Waals surface area contributed by atoms with E-state index in [9.17, 15) is 4.79 Å². The summed E-state index contributed by atoms with van der Waals surface area (Å²) in [6.07, 6.45) is 1.28. The van der Waals surface area contributed by atoms with Crippen molar-refractivity contribution < 1.29 is 4.79 Å². The highest BCUT2D eigenvalue weighted by molar-refractivity contribution is 5.84. The largest absolute Gasteiger partial charge is 0.298 e. The van der Waals surface area contributed by atoms with E-state index in [4.69, 9.17) is 5.26 Å². The molecule has 0 spiro atoms. The van der Waals surface area contributed by atoms with Gasteiger partial charge in [-0.15, -0.1) is 0 Å². The summed E-state index contributed by atoms with van der Waals surface area (Å²) in [5.74, 6) is -0.103. The predicted molar refractivity (Wildman–Crippen MR) is 60.7 cm³/mol. The Morgan fingerprint density at radius 2 is 2.31 bits per heavy atom. The Morgan fingerprint density at radius 3 is 2.69 bits per heavy atom. The van der Waals surface area contributed by atoms with Crippen LogP contribution in [0.25, 0.3) is 0 Å². The lowest BCUT2D eigenvalue weighted by Crippen LogP contribution is -2.27. The van der Waals surface area contributed by atoms with Crippen LogP contribution >= 0.6 is 0 Å². The zero-order valence-corrected chi connectivity index (χ0v) is 10.2. The molecule has 0 bridgehead atoms. The maximum Gasteiger partial charge on any atom is 0.150 e. The van der Waals surface area contributed by atoms with E-state index in [1.165, 1.54) is 6.92 Å². The van der Waals surface area contributed by atoms with E-state index in [2.05, 4.69) is 11.2 Å². The molecule has 0 radical (unpaired) electrons. The fraction of sp³-hybridized carbons (Fsp3) is 0.583. The van der Waals surface area contributed by atoms with Gasteiger partial charge >= 0.3 is 0 Å². The predicted octanol–water partition coefficient (Wildman–Crippen LogP) is 1.64. The van der Waals surface area contributed by atoms with Crippen molar-refractivity contribution in [3.8, 4) is 6.07 Å². The second kappa shape index (κ2) is 4.48. The van der Waals surface area contributed by atoms with E-state index in [-0.39, 0.29) is 5.78 Å². The molecule has 0 aliphatic heterocycles. The number of Topliss-reactive ketones (excluding diaryl/α,β-unsaturated/α-hetero) is 1. The lowest BCUT2D eigenvalue weighted by molar-refractivity contribution is -0.123. The van der Waals surface area contributed by atoms with Gasteiger partial charge in [0.15, 0.2) is 0 Å². The number of nitrogens with zero attached hydrogens (tertiary/aromatic N) is 3. The molecule has 0 aliphatic carbocycles. The fourth-order valence-corrected chi connectivity index (χ4v) is 1.51. The summed E-state index contributed by atoms with van der Waals surface area (Å²) in [5, 5.41) is 13.4.